The molecular weight excluding hydrogens is 583 g/mol. The molecule has 0 fully saturated rings. The Bertz CT molecular complexity index is 2810. The van der Waals surface area contributed by atoms with Crippen molar-refractivity contribution in [3.8, 4) is 33.8 Å². The summed E-state index contributed by atoms with van der Waals surface area (Å²) < 4.78 is 4.86. The van der Waals surface area contributed by atoms with Gasteiger partial charge in [0.05, 0.1) is 27.8 Å². The van der Waals surface area contributed by atoms with Crippen molar-refractivity contribution >= 4 is 54.4 Å². The van der Waals surface area contributed by atoms with Gasteiger partial charge >= 0.3 is 0 Å². The van der Waals surface area contributed by atoms with Crippen LogP contribution in [0.3, 0.4) is 0 Å². The third-order valence-electron chi connectivity index (χ3n) is 9.73. The lowest BCUT2D eigenvalue weighted by molar-refractivity contribution is 1.17. The number of pyridine rings is 1. The van der Waals surface area contributed by atoms with E-state index in [2.05, 4.69) is 173 Å². The second-order valence-corrected chi connectivity index (χ2v) is 12.4. The van der Waals surface area contributed by atoms with E-state index in [4.69, 9.17) is 4.98 Å². The monoisotopic (exact) mass is 611 g/mol. The van der Waals surface area contributed by atoms with Crippen molar-refractivity contribution in [2.45, 2.75) is 0 Å². The second-order valence-electron chi connectivity index (χ2n) is 12.4. The highest BCUT2D eigenvalue weighted by molar-refractivity contribution is 6.23. The smallest absolute Gasteiger partial charge is 0.0703 e. The summed E-state index contributed by atoms with van der Waals surface area (Å²) in [5.41, 5.74) is 11.4. The van der Waals surface area contributed by atoms with E-state index in [0.717, 1.165) is 28.2 Å². The fourth-order valence-corrected chi connectivity index (χ4v) is 7.53. The van der Waals surface area contributed by atoms with E-state index in [-0.39, 0.29) is 0 Å². The van der Waals surface area contributed by atoms with Crippen LogP contribution in [0.15, 0.2) is 176 Å². The van der Waals surface area contributed by atoms with E-state index in [1.54, 1.807) is 0 Å². The molecule has 0 bridgehead atoms. The molecule has 3 aromatic heterocycles. The molecular formula is C45H29N3. The zero-order valence-electron chi connectivity index (χ0n) is 26.1. The van der Waals surface area contributed by atoms with Crippen molar-refractivity contribution in [3.05, 3.63) is 176 Å². The average molecular weight is 612 g/mol. The fraction of sp³-hybridized carbons (Fsp3) is 0. The number of nitrogens with zero attached hydrogens (tertiary/aromatic N) is 3. The molecule has 3 nitrogen and oxygen atoms in total. The maximum absolute atomic E-state index is 4.90. The van der Waals surface area contributed by atoms with Crippen LogP contribution >= 0.6 is 0 Å². The van der Waals surface area contributed by atoms with Crippen molar-refractivity contribution in [2.75, 3.05) is 0 Å². The van der Waals surface area contributed by atoms with Gasteiger partial charge in [-0.2, -0.15) is 0 Å². The molecule has 0 radical (unpaired) electrons. The molecule has 3 heteroatoms. The van der Waals surface area contributed by atoms with Gasteiger partial charge in [-0.1, -0.05) is 121 Å². The van der Waals surface area contributed by atoms with Crippen LogP contribution in [0, 0.1) is 0 Å². The van der Waals surface area contributed by atoms with Crippen molar-refractivity contribution in [3.63, 3.8) is 0 Å². The van der Waals surface area contributed by atoms with Gasteiger partial charge in [0.1, 0.15) is 0 Å². The lowest BCUT2D eigenvalue weighted by atomic mass is 10.0. The number of rotatable bonds is 4. The van der Waals surface area contributed by atoms with Gasteiger partial charge in [0.15, 0.2) is 0 Å². The first-order chi connectivity index (χ1) is 23.8. The van der Waals surface area contributed by atoms with Gasteiger partial charge in [-0.3, -0.25) is 4.98 Å². The maximum Gasteiger partial charge on any atom is 0.0703 e. The van der Waals surface area contributed by atoms with Crippen molar-refractivity contribution in [1.29, 1.82) is 0 Å². The Balaban J connectivity index is 1.23. The number of para-hydroxylation sites is 2. The number of hydrogen-bond acceptors (Lipinski definition) is 1. The predicted octanol–water partition coefficient (Wildman–Crippen LogP) is 11.8. The van der Waals surface area contributed by atoms with Crippen LogP contribution in [-0.4, -0.2) is 14.1 Å². The molecule has 224 valence electrons. The molecule has 0 atom stereocenters. The summed E-state index contributed by atoms with van der Waals surface area (Å²) in [5, 5.41) is 7.50. The Morgan fingerprint density at radius 3 is 1.88 bits per heavy atom. The van der Waals surface area contributed by atoms with Crippen LogP contribution < -0.4 is 0 Å². The molecule has 10 rings (SSSR count). The van der Waals surface area contributed by atoms with Gasteiger partial charge in [0.25, 0.3) is 0 Å². The van der Waals surface area contributed by atoms with E-state index in [9.17, 15) is 0 Å². The Morgan fingerprint density at radius 2 is 1.04 bits per heavy atom. The summed E-state index contributed by atoms with van der Waals surface area (Å²) in [7, 11) is 0. The zero-order chi connectivity index (χ0) is 31.6. The van der Waals surface area contributed by atoms with Crippen molar-refractivity contribution in [1.82, 2.24) is 14.1 Å². The van der Waals surface area contributed by atoms with Gasteiger partial charge in [0, 0.05) is 55.6 Å². The summed E-state index contributed by atoms with van der Waals surface area (Å²) in [6.45, 7) is 0. The minimum Gasteiger partial charge on any atom is -0.309 e. The van der Waals surface area contributed by atoms with Crippen LogP contribution in [0.5, 0.6) is 0 Å². The SMILES string of the molecule is c1ccc(-c2ccc(-c3cccc(-n4c5ccccc5c5cc6c7ccc8ccccc8c7n(-c7ccccc7)c6cc54)c3)nc2)cc1. The normalized spacial score (nSPS) is 11.8. The Labute approximate surface area is 277 Å². The average Bonchev–Trinajstić information content (AvgIpc) is 3.67. The molecule has 0 saturated heterocycles. The van der Waals surface area contributed by atoms with Crippen LogP contribution in [0.2, 0.25) is 0 Å². The molecule has 0 aliphatic carbocycles. The molecule has 3 heterocycles. The van der Waals surface area contributed by atoms with Crippen LogP contribution in [-0.2, 0) is 0 Å². The molecule has 7 aromatic carbocycles. The Kier molecular flexibility index (Phi) is 5.87. The second kappa shape index (κ2) is 10.5. The summed E-state index contributed by atoms with van der Waals surface area (Å²) in [6.07, 6.45) is 1.97. The predicted molar refractivity (Wildman–Crippen MR) is 201 cm³/mol. The van der Waals surface area contributed by atoms with Crippen LogP contribution in [0.1, 0.15) is 0 Å². The number of hydrogen-bond donors (Lipinski definition) is 0. The lowest BCUT2D eigenvalue weighted by Gasteiger charge is -2.12. The number of aromatic nitrogens is 3. The Hall–Kier alpha value is -6.45. The highest BCUT2D eigenvalue weighted by atomic mass is 15.0. The molecule has 0 amide bonds. The Morgan fingerprint density at radius 1 is 0.354 bits per heavy atom. The first-order valence-electron chi connectivity index (χ1n) is 16.4. The quantitative estimate of drug-likeness (QED) is 0.194. The molecule has 48 heavy (non-hydrogen) atoms. The first-order valence-corrected chi connectivity index (χ1v) is 16.4. The third-order valence-corrected chi connectivity index (χ3v) is 9.73. The highest BCUT2D eigenvalue weighted by Gasteiger charge is 2.20. The van der Waals surface area contributed by atoms with Gasteiger partial charge in [-0.15, -0.1) is 0 Å². The van der Waals surface area contributed by atoms with Gasteiger partial charge in [-0.25, -0.2) is 0 Å². The molecule has 0 aliphatic heterocycles. The first kappa shape index (κ1) is 26.7. The standard InChI is InChI=1S/C45H29N3/c1-3-12-30(13-4-1)33-23-25-41(46-29-33)32-15-11-18-35(26-32)47-42-21-10-9-20-37(42)39-27-40-38-24-22-31-14-7-8-19-36(31)45(38)48(44(40)28-43(39)47)34-16-5-2-6-17-34/h1-29H. The van der Waals surface area contributed by atoms with E-state index in [1.165, 1.54) is 59.9 Å². The summed E-state index contributed by atoms with van der Waals surface area (Å²) in [6, 6.07) is 61.0. The molecule has 10 aromatic rings. The van der Waals surface area contributed by atoms with E-state index in [0.29, 0.717) is 0 Å². The lowest BCUT2D eigenvalue weighted by Crippen LogP contribution is -1.96. The van der Waals surface area contributed by atoms with Gasteiger partial charge in [-0.05, 0) is 59.5 Å². The fourth-order valence-electron chi connectivity index (χ4n) is 7.53. The molecule has 0 N–H and O–H groups in total. The minimum atomic E-state index is 0.954. The van der Waals surface area contributed by atoms with Crippen molar-refractivity contribution < 1.29 is 0 Å². The summed E-state index contributed by atoms with van der Waals surface area (Å²) in [4.78, 5) is 4.90. The summed E-state index contributed by atoms with van der Waals surface area (Å²) in [5.74, 6) is 0. The van der Waals surface area contributed by atoms with Crippen molar-refractivity contribution in [2.24, 2.45) is 0 Å². The van der Waals surface area contributed by atoms with E-state index >= 15 is 0 Å². The van der Waals surface area contributed by atoms with E-state index in [1.807, 2.05) is 12.3 Å². The van der Waals surface area contributed by atoms with Gasteiger partial charge in [0.2, 0.25) is 0 Å². The zero-order valence-corrected chi connectivity index (χ0v) is 26.1. The molecule has 0 unspecified atom stereocenters. The highest BCUT2D eigenvalue weighted by Crippen LogP contribution is 2.41. The maximum atomic E-state index is 4.90. The molecule has 0 aliphatic rings. The number of benzene rings is 7. The number of fused-ring (bicyclic) bond motifs is 8. The van der Waals surface area contributed by atoms with Crippen LogP contribution in [0.25, 0.3) is 88.1 Å². The topological polar surface area (TPSA) is 22.8 Å². The summed E-state index contributed by atoms with van der Waals surface area (Å²) >= 11 is 0. The van der Waals surface area contributed by atoms with Gasteiger partial charge < -0.3 is 9.13 Å². The van der Waals surface area contributed by atoms with Crippen LogP contribution in [0.4, 0.5) is 0 Å². The third kappa shape index (κ3) is 4.04. The molecule has 0 saturated carbocycles. The van der Waals surface area contributed by atoms with E-state index < -0.39 is 0 Å². The largest absolute Gasteiger partial charge is 0.309 e. The minimum absolute atomic E-state index is 0.954. The molecule has 0 spiro atoms.